The Morgan fingerprint density at radius 1 is 1.00 bits per heavy atom. The van der Waals surface area contributed by atoms with Crippen LogP contribution >= 0.6 is 0 Å². The van der Waals surface area contributed by atoms with Crippen molar-refractivity contribution in [3.63, 3.8) is 0 Å². The van der Waals surface area contributed by atoms with Gasteiger partial charge in [-0.05, 0) is 49.7 Å². The summed E-state index contributed by atoms with van der Waals surface area (Å²) in [5, 5.41) is 3.12. The van der Waals surface area contributed by atoms with Crippen LogP contribution in [0.3, 0.4) is 0 Å². The van der Waals surface area contributed by atoms with Crippen LogP contribution in [-0.4, -0.2) is 12.5 Å². The quantitative estimate of drug-likeness (QED) is 0.854. The minimum Gasteiger partial charge on any atom is -0.352 e. The molecule has 0 spiro atoms. The second kappa shape index (κ2) is 6.92. The third-order valence-corrected chi connectivity index (χ3v) is 4.12. The molecule has 1 amide bonds. The first kappa shape index (κ1) is 16.7. The molecule has 1 aromatic carbocycles. The van der Waals surface area contributed by atoms with E-state index in [1.54, 1.807) is 0 Å². The van der Waals surface area contributed by atoms with Crippen LogP contribution in [0.2, 0.25) is 0 Å². The third kappa shape index (κ3) is 4.09. The average molecular weight is 275 g/mol. The van der Waals surface area contributed by atoms with E-state index < -0.39 is 0 Å². The lowest BCUT2D eigenvalue weighted by Gasteiger charge is -2.25. The highest BCUT2D eigenvalue weighted by Gasteiger charge is 2.19. The van der Waals surface area contributed by atoms with E-state index in [-0.39, 0.29) is 5.91 Å². The Morgan fingerprint density at radius 2 is 1.45 bits per heavy atom. The lowest BCUT2D eigenvalue weighted by atomic mass is 9.85. The molecule has 0 aliphatic rings. The summed E-state index contributed by atoms with van der Waals surface area (Å²) in [4.78, 5) is 12.4. The first-order chi connectivity index (χ1) is 9.23. The van der Waals surface area contributed by atoms with Crippen LogP contribution in [0.25, 0.3) is 0 Å². The summed E-state index contributed by atoms with van der Waals surface area (Å²) in [6.07, 6.45) is 0. The van der Waals surface area contributed by atoms with E-state index in [9.17, 15) is 4.79 Å². The molecule has 0 saturated carbocycles. The zero-order valence-electron chi connectivity index (χ0n) is 14.0. The smallest absolute Gasteiger partial charge is 0.251 e. The van der Waals surface area contributed by atoms with E-state index in [4.69, 9.17) is 0 Å². The Labute approximate surface area is 124 Å². The van der Waals surface area contributed by atoms with Crippen molar-refractivity contribution in [1.29, 1.82) is 0 Å². The summed E-state index contributed by atoms with van der Waals surface area (Å²) in [5.74, 6) is 1.74. The molecular formula is C18H29NO. The molecule has 0 atom stereocenters. The molecule has 0 unspecified atom stereocenters. The molecule has 0 aliphatic heterocycles. The van der Waals surface area contributed by atoms with E-state index >= 15 is 0 Å². The number of hydrogen-bond donors (Lipinski definition) is 1. The molecule has 20 heavy (non-hydrogen) atoms. The van der Waals surface area contributed by atoms with Crippen LogP contribution in [0.4, 0.5) is 0 Å². The minimum absolute atomic E-state index is 0.0614. The normalized spacial score (nSPS) is 11.5. The van der Waals surface area contributed by atoms with Gasteiger partial charge in [-0.2, -0.15) is 0 Å². The van der Waals surface area contributed by atoms with Crippen LogP contribution in [0, 0.1) is 38.5 Å². The second-order valence-corrected chi connectivity index (χ2v) is 6.64. The molecule has 0 radical (unpaired) electrons. The van der Waals surface area contributed by atoms with Gasteiger partial charge < -0.3 is 5.32 Å². The van der Waals surface area contributed by atoms with Crippen molar-refractivity contribution in [3.05, 3.63) is 34.4 Å². The average Bonchev–Trinajstić information content (AvgIpc) is 2.26. The number of nitrogens with one attached hydrogen (secondary N) is 1. The van der Waals surface area contributed by atoms with Crippen molar-refractivity contribution < 1.29 is 4.79 Å². The molecule has 112 valence electrons. The molecule has 1 aromatic rings. The largest absolute Gasteiger partial charge is 0.352 e. The van der Waals surface area contributed by atoms with E-state index in [1.807, 2.05) is 13.8 Å². The molecule has 2 nitrogen and oxygen atoms in total. The maximum atomic E-state index is 12.4. The summed E-state index contributed by atoms with van der Waals surface area (Å²) < 4.78 is 0. The molecule has 0 bridgehead atoms. The molecule has 0 saturated heterocycles. The Bertz CT molecular complexity index is 443. The summed E-state index contributed by atoms with van der Waals surface area (Å²) in [6, 6.07) is 4.15. The van der Waals surface area contributed by atoms with Gasteiger partial charge in [-0.25, -0.2) is 0 Å². The zero-order chi connectivity index (χ0) is 15.4. The van der Waals surface area contributed by atoms with Gasteiger partial charge in [0.05, 0.1) is 0 Å². The van der Waals surface area contributed by atoms with Gasteiger partial charge in [0.25, 0.3) is 5.91 Å². The highest BCUT2D eigenvalue weighted by molar-refractivity contribution is 5.97. The molecule has 0 fully saturated rings. The van der Waals surface area contributed by atoms with Crippen molar-refractivity contribution >= 4 is 5.91 Å². The fourth-order valence-electron chi connectivity index (χ4n) is 3.08. The van der Waals surface area contributed by atoms with E-state index in [0.717, 1.165) is 23.2 Å². The Morgan fingerprint density at radius 3 is 1.85 bits per heavy atom. The SMILES string of the molecule is Cc1cc(C)c(C(=O)NCC(C(C)C)C(C)C)c(C)c1. The third-order valence-electron chi connectivity index (χ3n) is 4.12. The van der Waals surface area contributed by atoms with Crippen molar-refractivity contribution in [2.45, 2.75) is 48.5 Å². The van der Waals surface area contributed by atoms with Gasteiger partial charge in [0, 0.05) is 12.1 Å². The van der Waals surface area contributed by atoms with Crippen LogP contribution in [-0.2, 0) is 0 Å². The molecule has 0 aromatic heterocycles. The standard InChI is InChI=1S/C18H29NO/c1-11(2)16(12(3)4)10-19-18(20)17-14(6)8-13(5)9-15(17)7/h8-9,11-12,16H,10H2,1-7H3,(H,19,20). The van der Waals surface area contributed by atoms with Crippen molar-refractivity contribution in [2.24, 2.45) is 17.8 Å². The predicted octanol–water partition coefficient (Wildman–Crippen LogP) is 4.27. The first-order valence-corrected chi connectivity index (χ1v) is 7.60. The molecule has 2 heteroatoms. The number of amides is 1. The van der Waals surface area contributed by atoms with Crippen molar-refractivity contribution in [2.75, 3.05) is 6.54 Å². The Hall–Kier alpha value is -1.31. The van der Waals surface area contributed by atoms with E-state index in [2.05, 4.69) is 52.1 Å². The highest BCUT2D eigenvalue weighted by Crippen LogP contribution is 2.20. The number of carbonyl (C=O) groups is 1. The number of aryl methyl sites for hydroxylation is 3. The number of hydrogen-bond acceptors (Lipinski definition) is 1. The topological polar surface area (TPSA) is 29.1 Å². The van der Waals surface area contributed by atoms with Crippen LogP contribution in [0.5, 0.6) is 0 Å². The summed E-state index contributed by atoms with van der Waals surface area (Å²) in [6.45, 7) is 15.7. The van der Waals surface area contributed by atoms with Crippen molar-refractivity contribution in [1.82, 2.24) is 5.32 Å². The molecule has 0 aliphatic carbocycles. The fourth-order valence-corrected chi connectivity index (χ4v) is 3.08. The van der Waals surface area contributed by atoms with Crippen LogP contribution in [0.1, 0.15) is 54.7 Å². The maximum Gasteiger partial charge on any atom is 0.251 e. The van der Waals surface area contributed by atoms with Gasteiger partial charge in [-0.3, -0.25) is 4.79 Å². The predicted molar refractivity (Wildman–Crippen MR) is 86.2 cm³/mol. The van der Waals surface area contributed by atoms with Gasteiger partial charge in [-0.15, -0.1) is 0 Å². The summed E-state index contributed by atoms with van der Waals surface area (Å²) in [7, 11) is 0. The van der Waals surface area contributed by atoms with E-state index in [0.29, 0.717) is 17.8 Å². The molecule has 0 heterocycles. The lowest BCUT2D eigenvalue weighted by Crippen LogP contribution is -2.34. The molecule has 1 N–H and O–H groups in total. The van der Waals surface area contributed by atoms with Gasteiger partial charge in [0.2, 0.25) is 0 Å². The fraction of sp³-hybridized carbons (Fsp3) is 0.611. The molecule has 1 rings (SSSR count). The summed E-state index contributed by atoms with van der Waals surface area (Å²) in [5.41, 5.74) is 4.16. The number of carbonyl (C=O) groups excluding carboxylic acids is 1. The number of rotatable bonds is 5. The van der Waals surface area contributed by atoms with Crippen molar-refractivity contribution in [3.8, 4) is 0 Å². The maximum absolute atomic E-state index is 12.4. The van der Waals surface area contributed by atoms with Crippen LogP contribution < -0.4 is 5.32 Å². The van der Waals surface area contributed by atoms with Gasteiger partial charge >= 0.3 is 0 Å². The van der Waals surface area contributed by atoms with Gasteiger partial charge in [0.1, 0.15) is 0 Å². The van der Waals surface area contributed by atoms with Gasteiger partial charge in [0.15, 0.2) is 0 Å². The first-order valence-electron chi connectivity index (χ1n) is 7.60. The monoisotopic (exact) mass is 275 g/mol. The zero-order valence-corrected chi connectivity index (χ0v) is 14.0. The highest BCUT2D eigenvalue weighted by atomic mass is 16.1. The van der Waals surface area contributed by atoms with E-state index in [1.165, 1.54) is 5.56 Å². The lowest BCUT2D eigenvalue weighted by molar-refractivity contribution is 0.0936. The second-order valence-electron chi connectivity index (χ2n) is 6.64. The van der Waals surface area contributed by atoms with Gasteiger partial charge in [-0.1, -0.05) is 45.4 Å². The summed E-state index contributed by atoms with van der Waals surface area (Å²) >= 11 is 0. The Balaban J connectivity index is 2.82. The number of benzene rings is 1. The molecular weight excluding hydrogens is 246 g/mol. The van der Waals surface area contributed by atoms with Crippen LogP contribution in [0.15, 0.2) is 12.1 Å². The minimum atomic E-state index is 0.0614. The Kier molecular flexibility index (Phi) is 5.79.